The van der Waals surface area contributed by atoms with Crippen LogP contribution in [0.25, 0.3) is 0 Å². The van der Waals surface area contributed by atoms with Crippen LogP contribution >= 0.6 is 15.9 Å². The fourth-order valence-corrected chi connectivity index (χ4v) is 3.77. The van der Waals surface area contributed by atoms with Crippen LogP contribution in [0.15, 0.2) is 18.2 Å². The van der Waals surface area contributed by atoms with Gasteiger partial charge in [-0.05, 0) is 49.9 Å². The quantitative estimate of drug-likeness (QED) is 0.531. The highest BCUT2D eigenvalue weighted by atomic mass is 79.9. The van der Waals surface area contributed by atoms with Gasteiger partial charge in [0, 0.05) is 10.7 Å². The van der Waals surface area contributed by atoms with Crippen LogP contribution in [0.1, 0.15) is 49.7 Å². The molecule has 0 radical (unpaired) electrons. The summed E-state index contributed by atoms with van der Waals surface area (Å²) in [5.74, 6) is 1.03. The van der Waals surface area contributed by atoms with Crippen LogP contribution in [0, 0.1) is 19.3 Å². The van der Waals surface area contributed by atoms with Crippen molar-refractivity contribution in [2.75, 3.05) is 11.9 Å². The molecule has 1 aromatic rings. The van der Waals surface area contributed by atoms with Gasteiger partial charge in [-0.1, -0.05) is 47.7 Å². The summed E-state index contributed by atoms with van der Waals surface area (Å²) in [5, 5.41) is 1.06. The standard InChI is InChI=1S/C17H25BrO/c1-14-9-15(2)11-16(10-14)19-13-17(12-18)7-5-3-4-6-8-17/h9-11H,3-8,12-13H2,1-2H3. The molecule has 19 heavy (non-hydrogen) atoms. The average molecular weight is 325 g/mol. The predicted octanol–water partition coefficient (Wildman–Crippen LogP) is 5.42. The minimum Gasteiger partial charge on any atom is -0.493 e. The molecule has 1 fully saturated rings. The second-order valence-electron chi connectivity index (χ2n) is 6.16. The van der Waals surface area contributed by atoms with Crippen molar-refractivity contribution in [1.82, 2.24) is 0 Å². The zero-order valence-electron chi connectivity index (χ0n) is 12.2. The van der Waals surface area contributed by atoms with Gasteiger partial charge in [-0.3, -0.25) is 0 Å². The molecule has 0 bridgehead atoms. The molecule has 2 rings (SSSR count). The van der Waals surface area contributed by atoms with Gasteiger partial charge in [0.25, 0.3) is 0 Å². The zero-order valence-corrected chi connectivity index (χ0v) is 13.8. The fourth-order valence-electron chi connectivity index (χ4n) is 3.05. The molecular weight excluding hydrogens is 300 g/mol. The Morgan fingerprint density at radius 3 is 2.11 bits per heavy atom. The van der Waals surface area contributed by atoms with Gasteiger partial charge in [-0.2, -0.15) is 0 Å². The topological polar surface area (TPSA) is 9.23 Å². The van der Waals surface area contributed by atoms with E-state index < -0.39 is 0 Å². The number of hydrogen-bond acceptors (Lipinski definition) is 1. The predicted molar refractivity (Wildman–Crippen MR) is 85.3 cm³/mol. The summed E-state index contributed by atoms with van der Waals surface area (Å²) in [6.45, 7) is 5.11. The second kappa shape index (κ2) is 6.78. The molecule has 1 aromatic carbocycles. The normalized spacial score (nSPS) is 18.9. The van der Waals surface area contributed by atoms with Crippen LogP contribution in [-0.2, 0) is 0 Å². The summed E-state index contributed by atoms with van der Waals surface area (Å²) in [4.78, 5) is 0. The highest BCUT2D eigenvalue weighted by Gasteiger charge is 2.30. The third-order valence-corrected chi connectivity index (χ3v) is 5.38. The van der Waals surface area contributed by atoms with E-state index in [2.05, 4.69) is 48.0 Å². The largest absolute Gasteiger partial charge is 0.493 e. The van der Waals surface area contributed by atoms with Gasteiger partial charge < -0.3 is 4.74 Å². The van der Waals surface area contributed by atoms with E-state index in [-0.39, 0.29) is 0 Å². The monoisotopic (exact) mass is 324 g/mol. The molecule has 0 unspecified atom stereocenters. The van der Waals surface area contributed by atoms with Crippen molar-refractivity contribution in [3.05, 3.63) is 29.3 Å². The number of alkyl halides is 1. The van der Waals surface area contributed by atoms with E-state index in [4.69, 9.17) is 4.74 Å². The molecule has 0 spiro atoms. The maximum Gasteiger partial charge on any atom is 0.119 e. The van der Waals surface area contributed by atoms with Crippen molar-refractivity contribution in [3.8, 4) is 5.75 Å². The third kappa shape index (κ3) is 4.24. The summed E-state index contributed by atoms with van der Waals surface area (Å²) in [6, 6.07) is 6.48. The number of benzene rings is 1. The SMILES string of the molecule is Cc1cc(C)cc(OCC2(CBr)CCCCCC2)c1. The number of hydrogen-bond donors (Lipinski definition) is 0. The molecular formula is C17H25BrO. The molecule has 106 valence electrons. The lowest BCUT2D eigenvalue weighted by molar-refractivity contribution is 0.149. The van der Waals surface area contributed by atoms with E-state index in [1.807, 2.05) is 0 Å². The van der Waals surface area contributed by atoms with Gasteiger partial charge in [-0.25, -0.2) is 0 Å². The molecule has 1 saturated carbocycles. The van der Waals surface area contributed by atoms with Crippen molar-refractivity contribution < 1.29 is 4.74 Å². The Hall–Kier alpha value is -0.500. The Balaban J connectivity index is 2.02. The smallest absolute Gasteiger partial charge is 0.119 e. The Labute approximate surface area is 125 Å². The van der Waals surface area contributed by atoms with Crippen LogP contribution in [0.2, 0.25) is 0 Å². The average Bonchev–Trinajstić information content (AvgIpc) is 2.61. The van der Waals surface area contributed by atoms with Crippen molar-refractivity contribution in [1.29, 1.82) is 0 Å². The fraction of sp³-hybridized carbons (Fsp3) is 0.647. The Bertz CT molecular complexity index is 385. The summed E-state index contributed by atoms with van der Waals surface area (Å²) < 4.78 is 6.13. The molecule has 0 amide bonds. The molecule has 0 N–H and O–H groups in total. The summed E-state index contributed by atoms with van der Waals surface area (Å²) in [5.41, 5.74) is 2.90. The van der Waals surface area contributed by atoms with E-state index in [0.29, 0.717) is 5.41 Å². The molecule has 0 heterocycles. The van der Waals surface area contributed by atoms with Gasteiger partial charge in [0.2, 0.25) is 0 Å². The van der Waals surface area contributed by atoms with E-state index in [1.165, 1.54) is 49.7 Å². The maximum absolute atomic E-state index is 6.13. The van der Waals surface area contributed by atoms with Gasteiger partial charge in [0.05, 0.1) is 6.61 Å². The minimum absolute atomic E-state index is 0.341. The first-order valence-corrected chi connectivity index (χ1v) is 8.53. The maximum atomic E-state index is 6.13. The first kappa shape index (κ1) is 14.9. The summed E-state index contributed by atoms with van der Waals surface area (Å²) in [7, 11) is 0. The van der Waals surface area contributed by atoms with Crippen molar-refractivity contribution in [2.24, 2.45) is 5.41 Å². The van der Waals surface area contributed by atoms with E-state index in [9.17, 15) is 0 Å². The van der Waals surface area contributed by atoms with E-state index >= 15 is 0 Å². The number of halogens is 1. The third-order valence-electron chi connectivity index (χ3n) is 4.19. The lowest BCUT2D eigenvalue weighted by Gasteiger charge is -2.30. The van der Waals surface area contributed by atoms with Gasteiger partial charge in [0.1, 0.15) is 5.75 Å². The first-order chi connectivity index (χ1) is 9.13. The van der Waals surface area contributed by atoms with Gasteiger partial charge >= 0.3 is 0 Å². The Morgan fingerprint density at radius 1 is 1.00 bits per heavy atom. The molecule has 0 aliphatic heterocycles. The second-order valence-corrected chi connectivity index (χ2v) is 6.72. The summed E-state index contributed by atoms with van der Waals surface area (Å²) in [6.07, 6.45) is 8.06. The molecule has 1 nitrogen and oxygen atoms in total. The minimum atomic E-state index is 0.341. The molecule has 1 aliphatic carbocycles. The molecule has 1 aliphatic rings. The van der Waals surface area contributed by atoms with E-state index in [1.54, 1.807) is 0 Å². The van der Waals surface area contributed by atoms with Crippen LogP contribution < -0.4 is 4.74 Å². The highest BCUT2D eigenvalue weighted by Crippen LogP contribution is 2.37. The summed E-state index contributed by atoms with van der Waals surface area (Å²) >= 11 is 3.73. The van der Waals surface area contributed by atoms with Crippen molar-refractivity contribution >= 4 is 15.9 Å². The van der Waals surface area contributed by atoms with Crippen LogP contribution in [0.3, 0.4) is 0 Å². The molecule has 0 atom stereocenters. The number of rotatable bonds is 4. The van der Waals surface area contributed by atoms with Crippen LogP contribution in [0.5, 0.6) is 5.75 Å². The molecule has 0 aromatic heterocycles. The highest BCUT2D eigenvalue weighted by molar-refractivity contribution is 9.09. The van der Waals surface area contributed by atoms with Crippen LogP contribution in [0.4, 0.5) is 0 Å². The molecule has 2 heteroatoms. The van der Waals surface area contributed by atoms with Gasteiger partial charge in [-0.15, -0.1) is 0 Å². The first-order valence-electron chi connectivity index (χ1n) is 7.41. The Morgan fingerprint density at radius 2 is 1.58 bits per heavy atom. The van der Waals surface area contributed by atoms with Crippen molar-refractivity contribution in [2.45, 2.75) is 52.4 Å². The van der Waals surface area contributed by atoms with E-state index in [0.717, 1.165) is 17.7 Å². The lowest BCUT2D eigenvalue weighted by atomic mass is 9.83. The van der Waals surface area contributed by atoms with Crippen LogP contribution in [-0.4, -0.2) is 11.9 Å². The van der Waals surface area contributed by atoms with Crippen molar-refractivity contribution in [3.63, 3.8) is 0 Å². The number of ether oxygens (including phenoxy) is 1. The zero-order chi connectivity index (χ0) is 13.7. The number of aryl methyl sites for hydroxylation is 2. The lowest BCUT2D eigenvalue weighted by Crippen LogP contribution is -2.30. The Kier molecular flexibility index (Phi) is 5.32. The van der Waals surface area contributed by atoms with Gasteiger partial charge in [0.15, 0.2) is 0 Å². The molecule has 0 saturated heterocycles.